The van der Waals surface area contributed by atoms with Crippen molar-refractivity contribution in [1.29, 1.82) is 0 Å². The predicted octanol–water partition coefficient (Wildman–Crippen LogP) is 2.93. The molecule has 0 radical (unpaired) electrons. The number of nitrogens with zero attached hydrogens (tertiary/aromatic N) is 1. The number of rotatable bonds is 2. The van der Waals surface area contributed by atoms with Gasteiger partial charge in [-0.15, -0.1) is 0 Å². The van der Waals surface area contributed by atoms with Crippen LogP contribution in [-0.4, -0.2) is 15.6 Å². The number of allylic oxidation sites excluding steroid dienone is 1. The second-order valence-electron chi connectivity index (χ2n) is 5.32. The first-order valence-electron chi connectivity index (χ1n) is 6.72. The van der Waals surface area contributed by atoms with Gasteiger partial charge in [0.05, 0.1) is 5.02 Å². The van der Waals surface area contributed by atoms with Crippen molar-refractivity contribution in [3.05, 3.63) is 57.7 Å². The average molecular weight is 335 g/mol. The van der Waals surface area contributed by atoms with E-state index < -0.39 is 23.4 Å². The zero-order chi connectivity index (χ0) is 16.9. The Morgan fingerprint density at radius 1 is 1.43 bits per heavy atom. The molecule has 1 aliphatic rings. The third-order valence-corrected chi connectivity index (χ3v) is 4.17. The van der Waals surface area contributed by atoms with Crippen LogP contribution in [0.4, 0.5) is 10.1 Å². The average Bonchev–Trinajstić information content (AvgIpc) is 2.82. The fourth-order valence-corrected chi connectivity index (χ4v) is 2.96. The van der Waals surface area contributed by atoms with E-state index in [0.717, 1.165) is 10.6 Å². The lowest BCUT2D eigenvalue weighted by Gasteiger charge is -2.13. The molecule has 0 saturated heterocycles. The Labute approximate surface area is 135 Å². The molecule has 0 fully saturated rings. The first-order chi connectivity index (χ1) is 10.8. The predicted molar refractivity (Wildman–Crippen MR) is 85.8 cm³/mol. The molecule has 7 heteroatoms. The second kappa shape index (κ2) is 5.24. The number of carboxylic acids is 1. The van der Waals surface area contributed by atoms with Crippen LogP contribution in [0.5, 0.6) is 0 Å². The van der Waals surface area contributed by atoms with Gasteiger partial charge in [0.25, 0.3) is 5.56 Å². The Hall–Kier alpha value is -2.60. The van der Waals surface area contributed by atoms with Gasteiger partial charge < -0.3 is 10.8 Å². The molecule has 2 aromatic rings. The van der Waals surface area contributed by atoms with E-state index in [-0.39, 0.29) is 28.3 Å². The molecule has 0 spiro atoms. The lowest BCUT2D eigenvalue weighted by atomic mass is 10.0. The minimum absolute atomic E-state index is 0.0181. The Morgan fingerprint density at radius 3 is 2.78 bits per heavy atom. The number of aliphatic carboxylic acids is 1. The van der Waals surface area contributed by atoms with Crippen LogP contribution in [0.25, 0.3) is 16.7 Å². The molecule has 1 aromatic carbocycles. The molecule has 0 aliphatic carbocycles. The lowest BCUT2D eigenvalue weighted by Crippen LogP contribution is -2.27. The monoisotopic (exact) mass is 334 g/mol. The van der Waals surface area contributed by atoms with Crippen LogP contribution >= 0.6 is 11.6 Å². The van der Waals surface area contributed by atoms with E-state index >= 15 is 0 Å². The highest BCUT2D eigenvalue weighted by molar-refractivity contribution is 6.31. The number of pyridine rings is 1. The van der Waals surface area contributed by atoms with Gasteiger partial charge in [-0.25, -0.2) is 9.18 Å². The van der Waals surface area contributed by atoms with E-state index in [1.54, 1.807) is 0 Å². The van der Waals surface area contributed by atoms with Crippen molar-refractivity contribution in [2.75, 3.05) is 5.73 Å². The summed E-state index contributed by atoms with van der Waals surface area (Å²) in [6, 6.07) is 4.44. The van der Waals surface area contributed by atoms with E-state index in [0.29, 0.717) is 11.3 Å². The van der Waals surface area contributed by atoms with Crippen molar-refractivity contribution < 1.29 is 14.3 Å². The SMILES string of the molecule is C=C1CC(C(=O)O)n2c1cc(-c1c(N)ccc(Cl)c1F)cc2=O. The minimum atomic E-state index is -1.12. The number of fused-ring (bicyclic) bond motifs is 1. The summed E-state index contributed by atoms with van der Waals surface area (Å²) in [6.45, 7) is 3.79. The molecule has 0 bridgehead atoms. The maximum atomic E-state index is 14.3. The number of halogens is 2. The van der Waals surface area contributed by atoms with Gasteiger partial charge in [0.15, 0.2) is 5.82 Å². The third kappa shape index (κ3) is 2.31. The molecule has 1 aliphatic heterocycles. The highest BCUT2D eigenvalue weighted by atomic mass is 35.5. The summed E-state index contributed by atoms with van der Waals surface area (Å²) in [5.74, 6) is -1.84. The molecule has 2 heterocycles. The summed E-state index contributed by atoms with van der Waals surface area (Å²) in [7, 11) is 0. The summed E-state index contributed by atoms with van der Waals surface area (Å²) in [6.07, 6.45) is 0.127. The summed E-state index contributed by atoms with van der Waals surface area (Å²) < 4.78 is 15.4. The van der Waals surface area contributed by atoms with E-state index in [2.05, 4.69) is 6.58 Å². The highest BCUT2D eigenvalue weighted by Gasteiger charge is 2.32. The van der Waals surface area contributed by atoms with Gasteiger partial charge in [-0.05, 0) is 29.3 Å². The number of hydrogen-bond donors (Lipinski definition) is 2. The van der Waals surface area contributed by atoms with Gasteiger partial charge in [0.1, 0.15) is 6.04 Å². The van der Waals surface area contributed by atoms with Gasteiger partial charge in [0.2, 0.25) is 0 Å². The number of nitrogen functional groups attached to an aromatic ring is 1. The van der Waals surface area contributed by atoms with Gasteiger partial charge in [-0.3, -0.25) is 9.36 Å². The highest BCUT2D eigenvalue weighted by Crippen LogP contribution is 2.37. The fraction of sp³-hybridized carbons (Fsp3) is 0.125. The topological polar surface area (TPSA) is 85.3 Å². The summed E-state index contributed by atoms with van der Waals surface area (Å²) >= 11 is 5.78. The number of benzene rings is 1. The van der Waals surface area contributed by atoms with Crippen molar-refractivity contribution in [2.45, 2.75) is 12.5 Å². The quantitative estimate of drug-likeness (QED) is 0.827. The van der Waals surface area contributed by atoms with Crippen LogP contribution in [0.3, 0.4) is 0 Å². The van der Waals surface area contributed by atoms with Crippen LogP contribution in [0.1, 0.15) is 18.2 Å². The van der Waals surface area contributed by atoms with E-state index in [1.165, 1.54) is 18.2 Å². The van der Waals surface area contributed by atoms with Crippen molar-refractivity contribution in [3.63, 3.8) is 0 Å². The smallest absolute Gasteiger partial charge is 0.327 e. The maximum Gasteiger partial charge on any atom is 0.327 e. The molecule has 5 nitrogen and oxygen atoms in total. The summed E-state index contributed by atoms with van der Waals surface area (Å²) in [5, 5.41) is 9.10. The van der Waals surface area contributed by atoms with Crippen LogP contribution in [0.15, 0.2) is 35.6 Å². The normalized spacial score (nSPS) is 16.4. The van der Waals surface area contributed by atoms with Crippen molar-refractivity contribution >= 4 is 28.8 Å². The molecular weight excluding hydrogens is 323 g/mol. The Bertz CT molecular complexity index is 920. The molecular formula is C16H12ClFN2O3. The van der Waals surface area contributed by atoms with E-state index in [4.69, 9.17) is 17.3 Å². The number of nitrogens with two attached hydrogens (primary N) is 1. The number of hydrogen-bond acceptors (Lipinski definition) is 3. The molecule has 3 rings (SSSR count). The van der Waals surface area contributed by atoms with Gasteiger partial charge >= 0.3 is 5.97 Å². The summed E-state index contributed by atoms with van der Waals surface area (Å²) in [5.41, 5.74) is 6.50. The summed E-state index contributed by atoms with van der Waals surface area (Å²) in [4.78, 5) is 23.6. The van der Waals surface area contributed by atoms with Crippen LogP contribution < -0.4 is 11.3 Å². The Morgan fingerprint density at radius 2 is 2.13 bits per heavy atom. The fourth-order valence-electron chi connectivity index (χ4n) is 2.80. The standard InChI is InChI=1S/C16H12ClFN2O3/c1-7-4-12(16(22)23)20-11(7)5-8(6-13(20)21)14-10(19)3-2-9(17)15(14)18/h2-3,5-6,12H,1,4,19H2,(H,22,23). The van der Waals surface area contributed by atoms with Crippen molar-refractivity contribution in [2.24, 2.45) is 0 Å². The van der Waals surface area contributed by atoms with Gasteiger partial charge in [-0.2, -0.15) is 0 Å². The van der Waals surface area contributed by atoms with Crippen LogP contribution in [-0.2, 0) is 4.79 Å². The van der Waals surface area contributed by atoms with Gasteiger partial charge in [-0.1, -0.05) is 18.2 Å². The zero-order valence-corrected chi connectivity index (χ0v) is 12.6. The zero-order valence-electron chi connectivity index (χ0n) is 11.8. The number of anilines is 1. The largest absolute Gasteiger partial charge is 0.480 e. The van der Waals surface area contributed by atoms with E-state index in [9.17, 15) is 19.1 Å². The van der Waals surface area contributed by atoms with Crippen molar-refractivity contribution in [3.8, 4) is 11.1 Å². The molecule has 118 valence electrons. The minimum Gasteiger partial charge on any atom is -0.480 e. The molecule has 0 saturated carbocycles. The molecule has 1 unspecified atom stereocenters. The molecule has 0 amide bonds. The maximum absolute atomic E-state index is 14.3. The van der Waals surface area contributed by atoms with Crippen LogP contribution in [0, 0.1) is 5.82 Å². The van der Waals surface area contributed by atoms with Crippen molar-refractivity contribution in [1.82, 2.24) is 4.57 Å². The van der Waals surface area contributed by atoms with Crippen LogP contribution in [0.2, 0.25) is 5.02 Å². The first kappa shape index (κ1) is 15.3. The number of carbonyl (C=O) groups is 1. The molecule has 3 N–H and O–H groups in total. The second-order valence-corrected chi connectivity index (χ2v) is 5.73. The molecule has 1 aromatic heterocycles. The van der Waals surface area contributed by atoms with E-state index in [1.807, 2.05) is 0 Å². The van der Waals surface area contributed by atoms with Gasteiger partial charge in [0, 0.05) is 29.4 Å². The number of aromatic nitrogens is 1. The molecule has 23 heavy (non-hydrogen) atoms. The Kier molecular flexibility index (Phi) is 3.49. The first-order valence-corrected chi connectivity index (χ1v) is 7.10. The number of carboxylic acid groups (broad SMARTS) is 1. The third-order valence-electron chi connectivity index (χ3n) is 3.88. The molecule has 1 atom stereocenters. The Balaban J connectivity index is 2.28. The lowest BCUT2D eigenvalue weighted by molar-refractivity contribution is -0.140.